The first kappa shape index (κ1) is 28.4. The van der Waals surface area contributed by atoms with Gasteiger partial charge in [0, 0.05) is 31.6 Å². The van der Waals surface area contributed by atoms with Crippen LogP contribution in [0.4, 0.5) is 45.2 Å². The molecule has 0 radical (unpaired) electrons. The number of amides is 1. The van der Waals surface area contributed by atoms with Gasteiger partial charge in [0.05, 0.1) is 4.92 Å². The Morgan fingerprint density at radius 2 is 1.48 bits per heavy atom. The molecule has 1 aromatic carbocycles. The Hall–Kier alpha value is -2.67. The third-order valence-corrected chi connectivity index (χ3v) is 5.89. The fraction of sp³-hybridized carbons (Fsp3) is 0.500. The fourth-order valence-electron chi connectivity index (χ4n) is 2.18. The second-order valence-electron chi connectivity index (χ2n) is 6.21. The molecule has 0 saturated carbocycles. The van der Waals surface area contributed by atoms with Gasteiger partial charge in [0.25, 0.3) is 15.7 Å². The van der Waals surface area contributed by atoms with Gasteiger partial charge in [-0.25, -0.2) is 13.9 Å². The fourth-order valence-corrected chi connectivity index (χ4v) is 3.61. The van der Waals surface area contributed by atoms with E-state index in [1.807, 2.05) is 0 Å². The highest BCUT2D eigenvalue weighted by Crippen LogP contribution is 2.55. The molecule has 0 saturated heterocycles. The summed E-state index contributed by atoms with van der Waals surface area (Å²) >= 11 is 0. The van der Waals surface area contributed by atoms with Gasteiger partial charge in [-0.2, -0.15) is 43.8 Å². The van der Waals surface area contributed by atoms with E-state index in [1.54, 1.807) is 0 Å². The zero-order chi connectivity index (χ0) is 26.0. The molecule has 1 aromatic rings. The maximum atomic E-state index is 14.1. The molecule has 0 fully saturated rings. The number of hydroxylamine groups is 1. The number of hydrogen-bond donors (Lipinski definition) is 2. The quantitative estimate of drug-likeness (QED) is 0.211. The van der Waals surface area contributed by atoms with Crippen LogP contribution in [0.5, 0.6) is 0 Å². The lowest BCUT2D eigenvalue weighted by molar-refractivity contribution is -0.384. The average Bonchev–Trinajstić information content (AvgIpc) is 2.69. The summed E-state index contributed by atoms with van der Waals surface area (Å²) in [5.74, 6) is -16.4. The maximum absolute atomic E-state index is 14.1. The van der Waals surface area contributed by atoms with Crippen LogP contribution in [0.2, 0.25) is 0 Å². The number of halogens is 9. The number of nitrogens with one attached hydrogen (secondary N) is 1. The average molecular weight is 521 g/mol. The SMILES string of the molecule is O=C(CCN(Cc1ccc([N+](=O)[O-])cc1)S(=O)(=O)C(F)(F)C(F)(F)C(F)(F)C(F)(F)F)NO. The number of nitro benzene ring substituents is 1. The number of nitrogens with zero attached hydrogens (tertiary/aromatic N) is 2. The van der Waals surface area contributed by atoms with E-state index in [0.717, 1.165) is 17.6 Å². The minimum Gasteiger partial charge on any atom is -0.289 e. The number of benzene rings is 1. The molecule has 0 unspecified atom stereocenters. The molecular weight excluding hydrogens is 509 g/mol. The molecular formula is C14H12F9N3O6S. The molecule has 0 aliphatic heterocycles. The first-order chi connectivity index (χ1) is 14.7. The van der Waals surface area contributed by atoms with Crippen LogP contribution in [-0.2, 0) is 21.4 Å². The Labute approximate surface area is 177 Å². The van der Waals surface area contributed by atoms with Gasteiger partial charge in [0.1, 0.15) is 0 Å². The van der Waals surface area contributed by atoms with Crippen molar-refractivity contribution < 1.29 is 62.9 Å². The molecule has 0 aromatic heterocycles. The van der Waals surface area contributed by atoms with Gasteiger partial charge < -0.3 is 0 Å². The third kappa shape index (κ3) is 5.29. The lowest BCUT2D eigenvalue weighted by Gasteiger charge is -2.35. The summed E-state index contributed by atoms with van der Waals surface area (Å²) in [6.45, 7) is -2.89. The van der Waals surface area contributed by atoms with Crippen molar-refractivity contribution in [3.63, 3.8) is 0 Å². The summed E-state index contributed by atoms with van der Waals surface area (Å²) in [6, 6.07) is 2.91. The molecule has 0 heterocycles. The zero-order valence-corrected chi connectivity index (χ0v) is 16.4. The summed E-state index contributed by atoms with van der Waals surface area (Å²) in [4.78, 5) is 20.8. The van der Waals surface area contributed by atoms with E-state index in [2.05, 4.69) is 0 Å². The number of carbonyl (C=O) groups is 1. The number of hydrogen-bond acceptors (Lipinski definition) is 6. The Morgan fingerprint density at radius 1 is 1.00 bits per heavy atom. The normalized spacial score (nSPS) is 13.8. The minimum absolute atomic E-state index is 0.435. The molecule has 0 bridgehead atoms. The Morgan fingerprint density at radius 3 is 1.88 bits per heavy atom. The Balaban J connectivity index is 3.50. The lowest BCUT2D eigenvalue weighted by Crippen LogP contribution is -2.65. The highest BCUT2D eigenvalue weighted by molar-refractivity contribution is 7.90. The van der Waals surface area contributed by atoms with Crippen molar-refractivity contribution in [3.05, 3.63) is 39.9 Å². The van der Waals surface area contributed by atoms with E-state index >= 15 is 0 Å². The van der Waals surface area contributed by atoms with Crippen molar-refractivity contribution in [3.8, 4) is 0 Å². The first-order valence-electron chi connectivity index (χ1n) is 8.10. The molecule has 0 aliphatic rings. The molecule has 188 valence electrons. The van der Waals surface area contributed by atoms with E-state index in [-0.39, 0.29) is 0 Å². The van der Waals surface area contributed by atoms with Crippen LogP contribution in [0.25, 0.3) is 0 Å². The van der Waals surface area contributed by atoms with Crippen LogP contribution in [-0.4, -0.2) is 58.6 Å². The monoisotopic (exact) mass is 521 g/mol. The number of rotatable bonds is 10. The van der Waals surface area contributed by atoms with Crippen LogP contribution in [0, 0.1) is 10.1 Å². The van der Waals surface area contributed by atoms with Crippen LogP contribution >= 0.6 is 0 Å². The van der Waals surface area contributed by atoms with Crippen molar-refractivity contribution >= 4 is 21.6 Å². The van der Waals surface area contributed by atoms with Crippen LogP contribution in [0.3, 0.4) is 0 Å². The van der Waals surface area contributed by atoms with Crippen molar-refractivity contribution in [2.24, 2.45) is 0 Å². The second kappa shape index (κ2) is 9.29. The summed E-state index contributed by atoms with van der Waals surface area (Å²) in [5.41, 5.74) is -0.0944. The van der Waals surface area contributed by atoms with E-state index in [1.165, 1.54) is 0 Å². The molecule has 19 heteroatoms. The number of alkyl halides is 9. The van der Waals surface area contributed by atoms with Crippen molar-refractivity contribution in [1.29, 1.82) is 0 Å². The second-order valence-corrected chi connectivity index (χ2v) is 8.19. The molecule has 2 N–H and O–H groups in total. The van der Waals surface area contributed by atoms with Gasteiger partial charge in [-0.3, -0.25) is 20.1 Å². The van der Waals surface area contributed by atoms with E-state index < -0.39 is 79.2 Å². The van der Waals surface area contributed by atoms with Gasteiger partial charge in [-0.15, -0.1) is 0 Å². The lowest BCUT2D eigenvalue weighted by atomic mass is 10.1. The van der Waals surface area contributed by atoms with Gasteiger partial charge in [0.15, 0.2) is 0 Å². The summed E-state index contributed by atoms with van der Waals surface area (Å²) < 4.78 is 142. The van der Waals surface area contributed by atoms with E-state index in [9.17, 15) is 62.8 Å². The molecule has 9 nitrogen and oxygen atoms in total. The van der Waals surface area contributed by atoms with Crippen molar-refractivity contribution in [1.82, 2.24) is 9.79 Å². The summed E-state index contributed by atoms with van der Waals surface area (Å²) in [7, 11) is -7.06. The van der Waals surface area contributed by atoms with Crippen molar-refractivity contribution in [2.75, 3.05) is 6.54 Å². The summed E-state index contributed by atoms with van der Waals surface area (Å²) in [6.07, 6.45) is -8.49. The zero-order valence-electron chi connectivity index (χ0n) is 15.6. The molecule has 0 atom stereocenters. The van der Waals surface area contributed by atoms with Crippen LogP contribution in [0.15, 0.2) is 24.3 Å². The Kier molecular flexibility index (Phi) is 7.99. The smallest absolute Gasteiger partial charge is 0.289 e. The van der Waals surface area contributed by atoms with E-state index in [4.69, 9.17) is 5.21 Å². The molecule has 33 heavy (non-hydrogen) atoms. The molecule has 1 amide bonds. The number of sulfonamides is 1. The minimum atomic E-state index is -7.50. The topological polar surface area (TPSA) is 130 Å². The van der Waals surface area contributed by atoms with Crippen molar-refractivity contribution in [2.45, 2.75) is 36.2 Å². The van der Waals surface area contributed by atoms with Gasteiger partial charge in [-0.1, -0.05) is 12.1 Å². The van der Waals surface area contributed by atoms with Gasteiger partial charge in [-0.05, 0) is 5.56 Å². The van der Waals surface area contributed by atoms with E-state index in [0.29, 0.717) is 12.1 Å². The van der Waals surface area contributed by atoms with Crippen LogP contribution < -0.4 is 5.48 Å². The number of non-ortho nitro benzene ring substituents is 1. The maximum Gasteiger partial charge on any atom is 0.460 e. The molecule has 0 aliphatic carbocycles. The Bertz CT molecular complexity index is 983. The molecule has 0 spiro atoms. The largest absolute Gasteiger partial charge is 0.460 e. The van der Waals surface area contributed by atoms with Gasteiger partial charge in [0.2, 0.25) is 5.91 Å². The van der Waals surface area contributed by atoms with Crippen LogP contribution in [0.1, 0.15) is 12.0 Å². The summed E-state index contributed by atoms with van der Waals surface area (Å²) in [5, 5.41) is 11.9. The first-order valence-corrected chi connectivity index (χ1v) is 9.54. The molecule has 1 rings (SSSR count). The predicted molar refractivity (Wildman–Crippen MR) is 87.9 cm³/mol. The number of carbonyl (C=O) groups excluding carboxylic acids is 1. The van der Waals surface area contributed by atoms with Gasteiger partial charge >= 0.3 is 23.3 Å². The highest BCUT2D eigenvalue weighted by Gasteiger charge is 2.85. The number of nitro groups is 1. The predicted octanol–water partition coefficient (Wildman–Crippen LogP) is 3.05. The third-order valence-electron chi connectivity index (χ3n) is 4.00. The highest BCUT2D eigenvalue weighted by atomic mass is 32.2. The standard InChI is InChI=1S/C14H12F9N3O6S/c15-11(16,13(19,20)21)12(17,18)14(22,23)33(31,32)25(6-5-10(27)24-28)7-8-1-3-9(4-2-8)26(29)30/h1-4,28H,5-7H2,(H,24,27).